The number of ether oxygens (including phenoxy) is 2. The summed E-state index contributed by atoms with van der Waals surface area (Å²) in [5.41, 5.74) is 8.84. The lowest BCUT2D eigenvalue weighted by molar-refractivity contribution is 0.297. The van der Waals surface area contributed by atoms with Crippen molar-refractivity contribution in [2.75, 3.05) is 13.7 Å². The fourth-order valence-electron chi connectivity index (χ4n) is 6.03. The van der Waals surface area contributed by atoms with E-state index >= 15 is 0 Å². The zero-order chi connectivity index (χ0) is 28.0. The van der Waals surface area contributed by atoms with Crippen LogP contribution in [0.4, 0.5) is 0 Å². The molecule has 0 spiro atoms. The van der Waals surface area contributed by atoms with Crippen LogP contribution in [0.2, 0.25) is 0 Å². The molecule has 0 saturated heterocycles. The first-order valence-electron chi connectivity index (χ1n) is 14.3. The van der Waals surface area contributed by atoms with E-state index in [9.17, 15) is 0 Å². The number of nitrogens with zero attached hydrogens (tertiary/aromatic N) is 1. The monoisotopic (exact) mass is 533 g/mol. The van der Waals surface area contributed by atoms with Crippen LogP contribution in [0.3, 0.4) is 0 Å². The normalized spacial score (nSPS) is 13.5. The Hall–Kier alpha value is -4.12. The second kappa shape index (κ2) is 10.5. The van der Waals surface area contributed by atoms with Crippen molar-refractivity contribution in [3.63, 3.8) is 0 Å². The van der Waals surface area contributed by atoms with Gasteiger partial charge in [0.15, 0.2) is 0 Å². The number of aryl methyl sites for hydroxylation is 1. The van der Waals surface area contributed by atoms with Crippen molar-refractivity contribution < 1.29 is 9.47 Å². The summed E-state index contributed by atoms with van der Waals surface area (Å²) < 4.78 is 14.1. The maximum Gasteiger partial charge on any atom is 0.121 e. The van der Waals surface area contributed by atoms with Gasteiger partial charge in [-0.05, 0) is 65.4 Å². The third-order valence-corrected chi connectivity index (χ3v) is 8.33. The van der Waals surface area contributed by atoms with Gasteiger partial charge in [0, 0.05) is 81.8 Å². The molecule has 0 aliphatic carbocycles. The van der Waals surface area contributed by atoms with Gasteiger partial charge in [-0.3, -0.25) is 0 Å². The summed E-state index contributed by atoms with van der Waals surface area (Å²) in [6, 6.07) is 19.4. The molecule has 0 amide bonds. The van der Waals surface area contributed by atoms with Gasteiger partial charge in [-0.25, -0.2) is 0 Å². The van der Waals surface area contributed by atoms with Crippen LogP contribution in [0.5, 0.6) is 11.5 Å². The van der Waals surface area contributed by atoms with Gasteiger partial charge in [0.1, 0.15) is 11.5 Å². The fraction of sp³-hybridized carbons (Fsp3) is 0.314. The van der Waals surface area contributed by atoms with Crippen molar-refractivity contribution in [2.24, 2.45) is 0 Å². The number of hydrogen-bond acceptors (Lipinski definition) is 2. The summed E-state index contributed by atoms with van der Waals surface area (Å²) in [7, 11) is 1.69. The highest BCUT2D eigenvalue weighted by atomic mass is 16.5. The summed E-state index contributed by atoms with van der Waals surface area (Å²) in [4.78, 5) is 6.88. The number of benzene rings is 3. The molecule has 0 aliphatic rings. The average molecular weight is 534 g/mol. The molecule has 0 bridgehead atoms. The molecule has 206 valence electrons. The molecule has 3 aromatic heterocycles. The number of fused-ring (bicyclic) bond motifs is 3. The summed E-state index contributed by atoms with van der Waals surface area (Å²) >= 11 is 0. The number of aromatic amines is 2. The second-order valence-corrected chi connectivity index (χ2v) is 11.6. The molecule has 6 aromatic rings. The minimum atomic E-state index is 0.243. The maximum absolute atomic E-state index is 6.28. The van der Waals surface area contributed by atoms with Crippen molar-refractivity contribution in [3.05, 3.63) is 95.4 Å². The first-order valence-corrected chi connectivity index (χ1v) is 14.3. The van der Waals surface area contributed by atoms with Crippen LogP contribution >= 0.6 is 0 Å². The van der Waals surface area contributed by atoms with Gasteiger partial charge in [-0.15, -0.1) is 0 Å². The molecular weight excluding hydrogens is 494 g/mol. The van der Waals surface area contributed by atoms with Crippen LogP contribution in [0.25, 0.3) is 32.7 Å². The number of H-pyrrole nitrogens is 2. The van der Waals surface area contributed by atoms with E-state index in [-0.39, 0.29) is 5.92 Å². The first-order chi connectivity index (χ1) is 19.3. The molecular formula is C35H39N3O2. The summed E-state index contributed by atoms with van der Waals surface area (Å²) in [6.07, 6.45) is 6.61. The van der Waals surface area contributed by atoms with Crippen molar-refractivity contribution in [1.29, 1.82) is 0 Å². The number of rotatable bonds is 9. The van der Waals surface area contributed by atoms with E-state index in [1.165, 1.54) is 43.9 Å². The zero-order valence-electron chi connectivity index (χ0n) is 24.3. The Morgan fingerprint density at radius 1 is 0.725 bits per heavy atom. The quantitative estimate of drug-likeness (QED) is 0.195. The van der Waals surface area contributed by atoms with Gasteiger partial charge < -0.3 is 24.0 Å². The zero-order valence-corrected chi connectivity index (χ0v) is 24.3. The Labute approximate surface area is 236 Å². The molecule has 5 heteroatoms. The molecule has 40 heavy (non-hydrogen) atoms. The van der Waals surface area contributed by atoms with Crippen molar-refractivity contribution in [1.82, 2.24) is 14.5 Å². The lowest BCUT2D eigenvalue weighted by atomic mass is 10.00. The number of hydrogen-bond donors (Lipinski definition) is 2. The Balaban J connectivity index is 1.18. The maximum atomic E-state index is 6.28. The molecule has 5 nitrogen and oxygen atoms in total. The van der Waals surface area contributed by atoms with E-state index in [4.69, 9.17) is 9.47 Å². The average Bonchev–Trinajstić information content (AvgIpc) is 3.66. The van der Waals surface area contributed by atoms with E-state index in [0.717, 1.165) is 29.1 Å². The van der Waals surface area contributed by atoms with Crippen LogP contribution < -0.4 is 9.47 Å². The summed E-state index contributed by atoms with van der Waals surface area (Å²) in [5.74, 6) is 2.84. The number of aromatic nitrogens is 3. The molecule has 0 radical (unpaired) electrons. The van der Waals surface area contributed by atoms with E-state index in [0.29, 0.717) is 18.4 Å². The van der Waals surface area contributed by atoms with E-state index < -0.39 is 0 Å². The highest BCUT2D eigenvalue weighted by Gasteiger charge is 2.18. The Morgan fingerprint density at radius 3 is 2.02 bits per heavy atom. The van der Waals surface area contributed by atoms with Crippen molar-refractivity contribution in [3.8, 4) is 11.5 Å². The van der Waals surface area contributed by atoms with E-state index in [2.05, 4.69) is 110 Å². The molecule has 2 N–H and O–H groups in total. The second-order valence-electron chi connectivity index (χ2n) is 11.6. The van der Waals surface area contributed by atoms with Gasteiger partial charge in [-0.2, -0.15) is 0 Å². The molecule has 0 aliphatic heterocycles. The van der Waals surface area contributed by atoms with Gasteiger partial charge in [0.05, 0.1) is 13.7 Å². The van der Waals surface area contributed by atoms with Gasteiger partial charge >= 0.3 is 0 Å². The Kier molecular flexibility index (Phi) is 6.83. The molecule has 2 atom stereocenters. The summed E-state index contributed by atoms with van der Waals surface area (Å²) in [6.45, 7) is 12.8. The minimum absolute atomic E-state index is 0.243. The standard InChI is InChI=1S/C35H39N3O2/c1-21(2)32-19-38(35-13-22(3)7-10-29(32)35)18-23(4)30-16-36-34-15-26(9-12-27(30)34)40-20-24(5)31-17-37-33-14-25(39-6)8-11-28(31)33/h7-17,19,21,23-24,36-37H,18,20H2,1-6H3. The van der Waals surface area contributed by atoms with Crippen molar-refractivity contribution in [2.45, 2.75) is 58.9 Å². The SMILES string of the molecule is COc1ccc2c(C(C)COc3ccc4c(C(C)Cn5cc(C(C)C)c6ccc(C)cc65)c[nH]c4c3)c[nH]c2c1. The molecule has 6 rings (SSSR count). The van der Waals surface area contributed by atoms with E-state index in [1.54, 1.807) is 7.11 Å². The lowest BCUT2D eigenvalue weighted by Gasteiger charge is -2.15. The highest BCUT2D eigenvalue weighted by molar-refractivity contribution is 5.87. The highest BCUT2D eigenvalue weighted by Crippen LogP contribution is 2.34. The van der Waals surface area contributed by atoms with Crippen LogP contribution in [0.1, 0.15) is 67.7 Å². The third-order valence-electron chi connectivity index (χ3n) is 8.33. The molecule has 2 unspecified atom stereocenters. The van der Waals surface area contributed by atoms with Crippen LogP contribution in [-0.2, 0) is 6.54 Å². The predicted molar refractivity (Wildman–Crippen MR) is 166 cm³/mol. The van der Waals surface area contributed by atoms with Crippen LogP contribution in [0.15, 0.2) is 73.2 Å². The smallest absolute Gasteiger partial charge is 0.121 e. The van der Waals surface area contributed by atoms with Gasteiger partial charge in [0.25, 0.3) is 0 Å². The topological polar surface area (TPSA) is 55.0 Å². The van der Waals surface area contributed by atoms with Gasteiger partial charge in [0.2, 0.25) is 0 Å². The fourth-order valence-corrected chi connectivity index (χ4v) is 6.03. The molecule has 3 aromatic carbocycles. The van der Waals surface area contributed by atoms with Crippen molar-refractivity contribution >= 4 is 32.7 Å². The van der Waals surface area contributed by atoms with Gasteiger partial charge in [-0.1, -0.05) is 39.8 Å². The predicted octanol–water partition coefficient (Wildman–Crippen LogP) is 9.03. The van der Waals surface area contributed by atoms with Crippen LogP contribution in [-0.4, -0.2) is 28.3 Å². The minimum Gasteiger partial charge on any atom is -0.497 e. The Morgan fingerprint density at radius 2 is 1.35 bits per heavy atom. The third kappa shape index (κ3) is 4.74. The first kappa shape index (κ1) is 26.1. The summed E-state index contributed by atoms with van der Waals surface area (Å²) in [5, 5.41) is 3.84. The lowest BCUT2D eigenvalue weighted by Crippen LogP contribution is -2.06. The largest absolute Gasteiger partial charge is 0.497 e. The van der Waals surface area contributed by atoms with E-state index in [1.807, 2.05) is 12.1 Å². The molecule has 0 saturated carbocycles. The number of nitrogens with one attached hydrogen (secondary N) is 2. The Bertz CT molecular complexity index is 1800. The number of methoxy groups -OCH3 is 1. The molecule has 3 heterocycles. The van der Waals surface area contributed by atoms with Crippen LogP contribution in [0, 0.1) is 6.92 Å². The molecule has 0 fully saturated rings.